The number of hydrogen-bond acceptors (Lipinski definition) is 2. The predicted molar refractivity (Wildman–Crippen MR) is 77.0 cm³/mol. The second kappa shape index (κ2) is 6.87. The molecule has 0 unspecified atom stereocenters. The van der Waals surface area contributed by atoms with Crippen molar-refractivity contribution in [3.05, 3.63) is 58.9 Å². The maximum Gasteiger partial charge on any atom is 0.419 e. The number of anilines is 1. The van der Waals surface area contributed by atoms with Gasteiger partial charge in [-0.2, -0.15) is 13.2 Å². The summed E-state index contributed by atoms with van der Waals surface area (Å²) in [6.07, 6.45) is -4.61. The number of para-hydroxylation sites is 1. The highest BCUT2D eigenvalue weighted by molar-refractivity contribution is 6.30. The molecular formula is C15H10ClF4NO2. The molecule has 23 heavy (non-hydrogen) atoms. The van der Waals surface area contributed by atoms with E-state index in [9.17, 15) is 22.4 Å². The number of amides is 1. The predicted octanol–water partition coefficient (Wildman–Crippen LogP) is 4.52. The number of ether oxygens (including phenoxy) is 1. The summed E-state index contributed by atoms with van der Waals surface area (Å²) in [6.45, 7) is -0.709. The van der Waals surface area contributed by atoms with Gasteiger partial charge < -0.3 is 10.1 Å². The average Bonchev–Trinajstić information content (AvgIpc) is 2.48. The highest BCUT2D eigenvalue weighted by atomic mass is 35.5. The molecule has 0 heterocycles. The van der Waals surface area contributed by atoms with Crippen LogP contribution in [0.1, 0.15) is 5.56 Å². The maximum atomic E-state index is 13.5. The van der Waals surface area contributed by atoms with Crippen LogP contribution >= 0.6 is 11.6 Å². The van der Waals surface area contributed by atoms with Crippen LogP contribution in [0.25, 0.3) is 0 Å². The summed E-state index contributed by atoms with van der Waals surface area (Å²) in [6, 6.07) is 8.01. The fraction of sp³-hybridized carbons (Fsp3) is 0.133. The van der Waals surface area contributed by atoms with Crippen molar-refractivity contribution in [3.63, 3.8) is 0 Å². The smallest absolute Gasteiger partial charge is 0.419 e. The Morgan fingerprint density at radius 2 is 1.87 bits per heavy atom. The van der Waals surface area contributed by atoms with Crippen LogP contribution in [0.4, 0.5) is 23.2 Å². The van der Waals surface area contributed by atoms with Crippen LogP contribution in [0.2, 0.25) is 5.02 Å². The molecule has 0 aliphatic heterocycles. The molecule has 0 spiro atoms. The van der Waals surface area contributed by atoms with Gasteiger partial charge in [0.25, 0.3) is 5.91 Å². The standard InChI is InChI=1S/C15H10ClF4NO2/c16-9-5-6-11(17)12(7-9)21-14(22)8-23-13-4-2-1-3-10(13)15(18,19)20/h1-7H,8H2,(H,21,22). The second-order valence-corrected chi connectivity index (χ2v) is 4.89. The minimum Gasteiger partial charge on any atom is -0.483 e. The van der Waals surface area contributed by atoms with Gasteiger partial charge in [-0.3, -0.25) is 4.79 Å². The van der Waals surface area contributed by atoms with E-state index in [2.05, 4.69) is 5.32 Å². The summed E-state index contributed by atoms with van der Waals surface area (Å²) < 4.78 is 56.6. The molecule has 2 aromatic carbocycles. The zero-order chi connectivity index (χ0) is 17.0. The maximum absolute atomic E-state index is 13.5. The van der Waals surface area contributed by atoms with Gasteiger partial charge >= 0.3 is 6.18 Å². The summed E-state index contributed by atoms with van der Waals surface area (Å²) >= 11 is 5.67. The zero-order valence-corrected chi connectivity index (χ0v) is 12.2. The first-order valence-corrected chi connectivity index (χ1v) is 6.69. The Labute approximate surface area is 133 Å². The fourth-order valence-corrected chi connectivity index (χ4v) is 1.92. The lowest BCUT2D eigenvalue weighted by Gasteiger charge is -2.13. The Bertz CT molecular complexity index is 719. The zero-order valence-electron chi connectivity index (χ0n) is 11.5. The van der Waals surface area contributed by atoms with Gasteiger partial charge in [-0.15, -0.1) is 0 Å². The summed E-state index contributed by atoms with van der Waals surface area (Å²) in [5.41, 5.74) is -1.18. The number of carbonyl (C=O) groups is 1. The summed E-state index contributed by atoms with van der Waals surface area (Å²) in [5.74, 6) is -2.02. The van der Waals surface area contributed by atoms with Gasteiger partial charge in [-0.25, -0.2) is 4.39 Å². The van der Waals surface area contributed by atoms with Crippen LogP contribution in [-0.4, -0.2) is 12.5 Å². The molecule has 1 amide bonds. The molecule has 3 nitrogen and oxygen atoms in total. The molecule has 122 valence electrons. The van der Waals surface area contributed by atoms with Crippen LogP contribution < -0.4 is 10.1 Å². The molecule has 1 N–H and O–H groups in total. The number of alkyl halides is 3. The third-order valence-corrected chi connectivity index (χ3v) is 2.99. The van der Waals surface area contributed by atoms with E-state index < -0.39 is 35.8 Å². The number of nitrogens with one attached hydrogen (secondary N) is 1. The van der Waals surface area contributed by atoms with Gasteiger partial charge in [0.1, 0.15) is 11.6 Å². The summed E-state index contributed by atoms with van der Waals surface area (Å²) in [5, 5.41) is 2.37. The van der Waals surface area contributed by atoms with Gasteiger partial charge in [-0.05, 0) is 30.3 Å². The minimum absolute atomic E-state index is 0.185. The number of carbonyl (C=O) groups excluding carboxylic acids is 1. The van der Waals surface area contributed by atoms with Crippen molar-refractivity contribution in [3.8, 4) is 5.75 Å². The van der Waals surface area contributed by atoms with Crippen molar-refractivity contribution >= 4 is 23.2 Å². The normalized spacial score (nSPS) is 11.2. The first-order valence-electron chi connectivity index (χ1n) is 6.31. The van der Waals surface area contributed by atoms with E-state index in [-0.39, 0.29) is 10.7 Å². The van der Waals surface area contributed by atoms with Crippen molar-refractivity contribution < 1.29 is 27.1 Å². The molecule has 0 saturated carbocycles. The summed E-state index contributed by atoms with van der Waals surface area (Å²) in [7, 11) is 0. The molecular weight excluding hydrogens is 338 g/mol. The molecule has 0 bridgehead atoms. The van der Waals surface area contributed by atoms with Crippen molar-refractivity contribution in [2.24, 2.45) is 0 Å². The Balaban J connectivity index is 2.04. The molecule has 8 heteroatoms. The Hall–Kier alpha value is -2.28. The third kappa shape index (κ3) is 4.59. The molecule has 0 saturated heterocycles. The van der Waals surface area contributed by atoms with E-state index in [0.717, 1.165) is 18.2 Å². The lowest BCUT2D eigenvalue weighted by atomic mass is 10.2. The Kier molecular flexibility index (Phi) is 5.10. The lowest BCUT2D eigenvalue weighted by Crippen LogP contribution is -2.21. The van der Waals surface area contributed by atoms with E-state index in [1.54, 1.807) is 0 Å². The van der Waals surface area contributed by atoms with Crippen molar-refractivity contribution in [2.75, 3.05) is 11.9 Å². The summed E-state index contributed by atoms with van der Waals surface area (Å²) in [4.78, 5) is 11.7. The molecule has 0 aromatic heterocycles. The number of benzene rings is 2. The molecule has 0 aliphatic rings. The average molecular weight is 348 g/mol. The van der Waals surface area contributed by atoms with Crippen molar-refractivity contribution in [2.45, 2.75) is 6.18 Å². The fourth-order valence-electron chi connectivity index (χ4n) is 1.75. The van der Waals surface area contributed by atoms with Gasteiger partial charge in [0.2, 0.25) is 0 Å². The number of halogens is 5. The van der Waals surface area contributed by atoms with E-state index in [4.69, 9.17) is 16.3 Å². The van der Waals surface area contributed by atoms with Crippen LogP contribution in [0.3, 0.4) is 0 Å². The first-order chi connectivity index (χ1) is 10.8. The highest BCUT2D eigenvalue weighted by Gasteiger charge is 2.34. The van der Waals surface area contributed by atoms with Crippen LogP contribution in [0, 0.1) is 5.82 Å². The molecule has 0 fully saturated rings. The van der Waals surface area contributed by atoms with Gasteiger partial charge in [0, 0.05) is 5.02 Å². The number of rotatable bonds is 4. The van der Waals surface area contributed by atoms with Crippen molar-refractivity contribution in [1.29, 1.82) is 0 Å². The first kappa shape index (κ1) is 17.1. The largest absolute Gasteiger partial charge is 0.483 e. The Morgan fingerprint density at radius 3 is 2.57 bits per heavy atom. The second-order valence-electron chi connectivity index (χ2n) is 4.45. The Morgan fingerprint density at radius 1 is 1.17 bits per heavy atom. The quantitative estimate of drug-likeness (QED) is 0.826. The molecule has 0 radical (unpaired) electrons. The third-order valence-electron chi connectivity index (χ3n) is 2.75. The van der Waals surface area contributed by atoms with Gasteiger partial charge in [0.15, 0.2) is 6.61 Å². The molecule has 2 rings (SSSR count). The van der Waals surface area contributed by atoms with E-state index in [1.807, 2.05) is 0 Å². The monoisotopic (exact) mass is 347 g/mol. The van der Waals surface area contributed by atoms with E-state index in [1.165, 1.54) is 24.3 Å². The van der Waals surface area contributed by atoms with Crippen LogP contribution in [0.15, 0.2) is 42.5 Å². The molecule has 2 aromatic rings. The van der Waals surface area contributed by atoms with Gasteiger partial charge in [-0.1, -0.05) is 23.7 Å². The van der Waals surface area contributed by atoms with Crippen LogP contribution in [-0.2, 0) is 11.0 Å². The van der Waals surface area contributed by atoms with E-state index >= 15 is 0 Å². The minimum atomic E-state index is -4.61. The molecule has 0 aliphatic carbocycles. The number of hydrogen-bond donors (Lipinski definition) is 1. The van der Waals surface area contributed by atoms with Gasteiger partial charge in [0.05, 0.1) is 11.3 Å². The van der Waals surface area contributed by atoms with Crippen molar-refractivity contribution in [1.82, 2.24) is 0 Å². The topological polar surface area (TPSA) is 38.3 Å². The SMILES string of the molecule is O=C(COc1ccccc1C(F)(F)F)Nc1cc(Cl)ccc1F. The highest BCUT2D eigenvalue weighted by Crippen LogP contribution is 2.35. The van der Waals surface area contributed by atoms with E-state index in [0.29, 0.717) is 0 Å². The lowest BCUT2D eigenvalue weighted by molar-refractivity contribution is -0.139. The molecule has 0 atom stereocenters. The van der Waals surface area contributed by atoms with Crippen LogP contribution in [0.5, 0.6) is 5.75 Å².